The topological polar surface area (TPSA) is 76.2 Å². The van der Waals surface area contributed by atoms with E-state index < -0.39 is 6.10 Å². The van der Waals surface area contributed by atoms with Crippen LogP contribution in [0, 0.1) is 18.8 Å². The molecule has 0 bridgehead atoms. The number of nitrogens with zero attached hydrogens (tertiary/aromatic N) is 5. The van der Waals surface area contributed by atoms with E-state index in [-0.39, 0.29) is 11.9 Å². The fraction of sp³-hybridized carbons (Fsp3) is 0.500. The highest BCUT2D eigenvalue weighted by Gasteiger charge is 2.44. The van der Waals surface area contributed by atoms with Crippen molar-refractivity contribution >= 4 is 16.9 Å². The zero-order valence-electron chi connectivity index (χ0n) is 16.9. The Labute approximate surface area is 169 Å². The number of hydrogen-bond donors (Lipinski definition) is 1. The Morgan fingerprint density at radius 3 is 2.76 bits per heavy atom. The summed E-state index contributed by atoms with van der Waals surface area (Å²) in [5.74, 6) is 0.799. The molecule has 7 nitrogen and oxygen atoms in total. The standard InChI is InChI=1S/C22H27N5O2/c1-3-27-20(8-14(2)24-27)22(29)25-11-15-9-19(21(28)10-16(15)12-25)26-13-23-17-6-4-5-7-18(17)26/h4-8,13,15-16,19,21,28H,3,9-12H2,1-2H3/t15-,16+,19-,21-/m1/s1. The summed E-state index contributed by atoms with van der Waals surface area (Å²) in [5.41, 5.74) is 3.55. The summed E-state index contributed by atoms with van der Waals surface area (Å²) >= 11 is 0. The lowest BCUT2D eigenvalue weighted by atomic mass is 9.77. The summed E-state index contributed by atoms with van der Waals surface area (Å²) < 4.78 is 3.91. The highest BCUT2D eigenvalue weighted by molar-refractivity contribution is 5.93. The fourth-order valence-corrected chi connectivity index (χ4v) is 5.24. The molecule has 1 N–H and O–H groups in total. The van der Waals surface area contributed by atoms with E-state index in [1.807, 2.05) is 49.3 Å². The molecule has 29 heavy (non-hydrogen) atoms. The van der Waals surface area contributed by atoms with E-state index in [1.54, 1.807) is 4.68 Å². The highest BCUT2D eigenvalue weighted by Crippen LogP contribution is 2.42. The molecule has 3 heterocycles. The number of benzene rings is 1. The zero-order valence-corrected chi connectivity index (χ0v) is 16.9. The van der Waals surface area contributed by atoms with E-state index in [0.717, 1.165) is 36.1 Å². The molecule has 0 radical (unpaired) electrons. The number of rotatable bonds is 3. The normalized spacial score (nSPS) is 26.8. The smallest absolute Gasteiger partial charge is 0.272 e. The van der Waals surface area contributed by atoms with Crippen LogP contribution in [0.15, 0.2) is 36.7 Å². The third kappa shape index (κ3) is 3.04. The Bertz CT molecular complexity index is 1050. The molecule has 0 spiro atoms. The van der Waals surface area contributed by atoms with Crippen LogP contribution >= 0.6 is 0 Å². The molecule has 152 valence electrons. The molecule has 0 unspecified atom stereocenters. The SMILES string of the molecule is CCn1nc(C)cc1C(=O)N1C[C@H]2C[C@@H](n3cnc4ccccc43)[C@H](O)C[C@H]2C1. The van der Waals surface area contributed by atoms with Crippen molar-refractivity contribution in [2.75, 3.05) is 13.1 Å². The lowest BCUT2D eigenvalue weighted by Gasteiger charge is -2.36. The van der Waals surface area contributed by atoms with Crippen molar-refractivity contribution in [1.82, 2.24) is 24.2 Å². The molecule has 7 heteroatoms. The maximum Gasteiger partial charge on any atom is 0.272 e. The van der Waals surface area contributed by atoms with Gasteiger partial charge in [0.05, 0.1) is 35.2 Å². The van der Waals surface area contributed by atoms with Crippen LogP contribution in [0.3, 0.4) is 0 Å². The average molecular weight is 393 g/mol. The molecule has 3 aromatic rings. The summed E-state index contributed by atoms with van der Waals surface area (Å²) in [6, 6.07) is 9.92. The van der Waals surface area contributed by atoms with Crippen molar-refractivity contribution in [2.45, 2.75) is 45.4 Å². The summed E-state index contributed by atoms with van der Waals surface area (Å²) in [6.07, 6.45) is 3.01. The van der Waals surface area contributed by atoms with Gasteiger partial charge >= 0.3 is 0 Å². The van der Waals surface area contributed by atoms with E-state index in [1.165, 1.54) is 0 Å². The molecule has 2 fully saturated rings. The molecule has 1 saturated carbocycles. The second-order valence-electron chi connectivity index (χ2n) is 8.46. The Balaban J connectivity index is 1.36. The molecule has 1 saturated heterocycles. The Kier molecular flexibility index (Phi) is 4.42. The Morgan fingerprint density at radius 1 is 1.21 bits per heavy atom. The number of aromatic nitrogens is 4. The molecule has 5 rings (SSSR count). The number of aryl methyl sites for hydroxylation is 2. The number of aliphatic hydroxyl groups is 1. The zero-order chi connectivity index (χ0) is 20.1. The number of likely N-dealkylation sites (tertiary alicyclic amines) is 1. The van der Waals surface area contributed by atoms with Crippen LogP contribution in [0.2, 0.25) is 0 Å². The van der Waals surface area contributed by atoms with Crippen molar-refractivity contribution in [3.8, 4) is 0 Å². The molecule has 2 aliphatic rings. The van der Waals surface area contributed by atoms with E-state index >= 15 is 0 Å². The first-order valence-electron chi connectivity index (χ1n) is 10.5. The number of hydrogen-bond acceptors (Lipinski definition) is 4. The van der Waals surface area contributed by atoms with E-state index in [2.05, 4.69) is 20.7 Å². The number of imidazole rings is 1. The van der Waals surface area contributed by atoms with Gasteiger partial charge in [-0.15, -0.1) is 0 Å². The summed E-state index contributed by atoms with van der Waals surface area (Å²) in [5, 5.41) is 15.3. The van der Waals surface area contributed by atoms with Gasteiger partial charge in [0.15, 0.2) is 0 Å². The van der Waals surface area contributed by atoms with Crippen LogP contribution in [0.1, 0.15) is 42.0 Å². The lowest BCUT2D eigenvalue weighted by molar-refractivity contribution is 0.0374. The van der Waals surface area contributed by atoms with Gasteiger partial charge in [-0.05, 0) is 56.7 Å². The minimum Gasteiger partial charge on any atom is -0.391 e. The molecule has 1 amide bonds. The van der Waals surface area contributed by atoms with Crippen LogP contribution in [0.5, 0.6) is 0 Å². The maximum atomic E-state index is 13.1. The van der Waals surface area contributed by atoms with E-state index in [9.17, 15) is 9.90 Å². The summed E-state index contributed by atoms with van der Waals surface area (Å²) in [6.45, 7) is 6.07. The first-order chi connectivity index (χ1) is 14.0. The highest BCUT2D eigenvalue weighted by atomic mass is 16.3. The van der Waals surface area contributed by atoms with Crippen molar-refractivity contribution in [2.24, 2.45) is 11.8 Å². The van der Waals surface area contributed by atoms with Gasteiger partial charge in [0, 0.05) is 19.6 Å². The number of carbonyl (C=O) groups excluding carboxylic acids is 1. The number of para-hydroxylation sites is 2. The first kappa shape index (κ1) is 18.4. The minimum absolute atomic E-state index is 0.00196. The average Bonchev–Trinajstić information content (AvgIpc) is 3.42. The van der Waals surface area contributed by atoms with Crippen molar-refractivity contribution < 1.29 is 9.90 Å². The third-order valence-corrected chi connectivity index (χ3v) is 6.66. The Morgan fingerprint density at radius 2 is 1.97 bits per heavy atom. The van der Waals surface area contributed by atoms with Gasteiger partial charge in [0.1, 0.15) is 5.69 Å². The monoisotopic (exact) mass is 393 g/mol. The van der Waals surface area contributed by atoms with Gasteiger partial charge in [-0.2, -0.15) is 5.10 Å². The van der Waals surface area contributed by atoms with Gasteiger partial charge in [0.25, 0.3) is 5.91 Å². The van der Waals surface area contributed by atoms with Crippen molar-refractivity contribution in [3.05, 3.63) is 48.0 Å². The largest absolute Gasteiger partial charge is 0.391 e. The summed E-state index contributed by atoms with van der Waals surface area (Å²) in [4.78, 5) is 19.6. The molecular weight excluding hydrogens is 366 g/mol. The van der Waals surface area contributed by atoms with Crippen LogP contribution < -0.4 is 0 Å². The van der Waals surface area contributed by atoms with Gasteiger partial charge in [0.2, 0.25) is 0 Å². The number of carbonyl (C=O) groups is 1. The van der Waals surface area contributed by atoms with Gasteiger partial charge < -0.3 is 14.6 Å². The quantitative estimate of drug-likeness (QED) is 0.742. The second kappa shape index (κ2) is 6.99. The molecule has 4 atom stereocenters. The van der Waals surface area contributed by atoms with Gasteiger partial charge in [-0.3, -0.25) is 9.48 Å². The molecular formula is C22H27N5O2. The number of aliphatic hydroxyl groups excluding tert-OH is 1. The molecule has 1 aliphatic carbocycles. The maximum absolute atomic E-state index is 13.1. The van der Waals surface area contributed by atoms with Gasteiger partial charge in [-0.25, -0.2) is 4.98 Å². The molecule has 2 aromatic heterocycles. The fourth-order valence-electron chi connectivity index (χ4n) is 5.24. The molecule has 1 aromatic carbocycles. The number of fused-ring (bicyclic) bond motifs is 2. The predicted molar refractivity (Wildman–Crippen MR) is 110 cm³/mol. The lowest BCUT2D eigenvalue weighted by Crippen LogP contribution is -2.36. The van der Waals surface area contributed by atoms with Crippen LogP contribution in [-0.4, -0.2) is 54.4 Å². The Hall–Kier alpha value is -2.67. The second-order valence-corrected chi connectivity index (χ2v) is 8.46. The minimum atomic E-state index is -0.424. The van der Waals surface area contributed by atoms with Crippen molar-refractivity contribution in [3.63, 3.8) is 0 Å². The summed E-state index contributed by atoms with van der Waals surface area (Å²) in [7, 11) is 0. The van der Waals surface area contributed by atoms with Gasteiger partial charge in [-0.1, -0.05) is 12.1 Å². The predicted octanol–water partition coefficient (Wildman–Crippen LogP) is 2.65. The first-order valence-corrected chi connectivity index (χ1v) is 10.5. The van der Waals surface area contributed by atoms with Crippen LogP contribution in [-0.2, 0) is 6.54 Å². The van der Waals surface area contributed by atoms with Crippen LogP contribution in [0.4, 0.5) is 0 Å². The van der Waals surface area contributed by atoms with E-state index in [4.69, 9.17) is 0 Å². The van der Waals surface area contributed by atoms with Crippen molar-refractivity contribution in [1.29, 1.82) is 0 Å². The van der Waals surface area contributed by atoms with Crippen LogP contribution in [0.25, 0.3) is 11.0 Å². The number of amides is 1. The molecule has 1 aliphatic heterocycles. The van der Waals surface area contributed by atoms with E-state index in [0.29, 0.717) is 30.6 Å². The third-order valence-electron chi connectivity index (χ3n) is 6.66.